The number of carbonyl (C=O) groups excluding carboxylic acids is 1. The fourth-order valence-corrected chi connectivity index (χ4v) is 2.67. The first-order valence-corrected chi connectivity index (χ1v) is 8.78. The Hall–Kier alpha value is -4.07. The Morgan fingerprint density at radius 1 is 1.07 bits per heavy atom. The average Bonchev–Trinajstić information content (AvgIpc) is 3.24. The molecular weight excluding hydrogens is 373 g/mol. The molecule has 1 N–H and O–H groups in total. The summed E-state index contributed by atoms with van der Waals surface area (Å²) in [5.74, 6) is 0.932. The van der Waals surface area contributed by atoms with Gasteiger partial charge in [-0.05, 0) is 49.4 Å². The zero-order chi connectivity index (χ0) is 20.2. The number of aryl methyl sites for hydroxylation is 1. The highest BCUT2D eigenvalue weighted by molar-refractivity contribution is 6.04. The number of hydrogen-bond donors (Lipinski definition) is 1. The third-order valence-electron chi connectivity index (χ3n) is 3.99. The number of hydrogen-bond acceptors (Lipinski definition) is 5. The van der Waals surface area contributed by atoms with E-state index < -0.39 is 11.7 Å². The molecule has 2 heterocycles. The molecule has 2 aromatic carbocycles. The second kappa shape index (κ2) is 7.89. The lowest BCUT2D eigenvalue weighted by Gasteiger charge is -2.09. The molecule has 0 saturated heterocycles. The first-order valence-electron chi connectivity index (χ1n) is 8.78. The summed E-state index contributed by atoms with van der Waals surface area (Å²) in [5, 5.41) is 6.81. The quantitative estimate of drug-likeness (QED) is 0.554. The highest BCUT2D eigenvalue weighted by Crippen LogP contribution is 2.23. The van der Waals surface area contributed by atoms with Crippen LogP contribution < -0.4 is 10.1 Å². The van der Waals surface area contributed by atoms with Gasteiger partial charge in [-0.2, -0.15) is 10.1 Å². The van der Waals surface area contributed by atoms with Crippen LogP contribution in [0.3, 0.4) is 0 Å². The van der Waals surface area contributed by atoms with Gasteiger partial charge in [-0.15, -0.1) is 0 Å². The topological polar surface area (TPSA) is 81.9 Å². The van der Waals surface area contributed by atoms with Crippen LogP contribution in [0.25, 0.3) is 5.82 Å². The summed E-state index contributed by atoms with van der Waals surface area (Å²) in [6.07, 6.45) is 3.44. The number of nitrogens with one attached hydrogen (secondary N) is 1. The van der Waals surface area contributed by atoms with Gasteiger partial charge in [-0.3, -0.25) is 4.79 Å². The minimum absolute atomic E-state index is 0.0181. The molecule has 0 spiro atoms. The second-order valence-electron chi connectivity index (χ2n) is 6.12. The zero-order valence-corrected chi connectivity index (χ0v) is 15.4. The molecule has 0 saturated carbocycles. The third kappa shape index (κ3) is 4.27. The lowest BCUT2D eigenvalue weighted by atomic mass is 10.2. The normalized spacial score (nSPS) is 10.6. The van der Waals surface area contributed by atoms with Gasteiger partial charge in [0.2, 0.25) is 5.88 Å². The Morgan fingerprint density at radius 2 is 1.86 bits per heavy atom. The van der Waals surface area contributed by atoms with Crippen LogP contribution in [-0.2, 0) is 0 Å². The van der Waals surface area contributed by atoms with E-state index in [1.807, 2.05) is 0 Å². The van der Waals surface area contributed by atoms with Crippen LogP contribution in [0.5, 0.6) is 11.6 Å². The van der Waals surface area contributed by atoms with Gasteiger partial charge in [0.25, 0.3) is 5.91 Å². The second-order valence-corrected chi connectivity index (χ2v) is 6.12. The smallest absolute Gasteiger partial charge is 0.258 e. The number of carbonyl (C=O) groups is 1. The predicted molar refractivity (Wildman–Crippen MR) is 105 cm³/mol. The number of ether oxygens (including phenoxy) is 1. The zero-order valence-electron chi connectivity index (χ0n) is 15.4. The van der Waals surface area contributed by atoms with Crippen molar-refractivity contribution in [1.82, 2.24) is 19.7 Å². The SMILES string of the molecule is Cc1nc(Oc2ccc(NC(=O)c3ccccc3F)cc2)cc(-n2cccn2)n1. The number of nitrogens with zero attached hydrogens (tertiary/aromatic N) is 4. The molecular formula is C21H16FN5O2. The molecule has 0 aliphatic carbocycles. The standard InChI is InChI=1S/C21H16FN5O2/c1-14-24-19(27-12-4-11-23-27)13-20(25-14)29-16-9-7-15(8-10-16)26-21(28)17-5-2-3-6-18(17)22/h2-13H,1H3,(H,26,28). The van der Waals surface area contributed by atoms with Crippen molar-refractivity contribution in [2.75, 3.05) is 5.32 Å². The molecule has 144 valence electrons. The summed E-state index contributed by atoms with van der Waals surface area (Å²) in [7, 11) is 0. The molecule has 1 amide bonds. The van der Waals surface area contributed by atoms with Crippen LogP contribution in [0.4, 0.5) is 10.1 Å². The molecule has 0 fully saturated rings. The summed E-state index contributed by atoms with van der Waals surface area (Å²) in [4.78, 5) is 20.8. The van der Waals surface area contributed by atoms with Gasteiger partial charge in [-0.25, -0.2) is 14.1 Å². The van der Waals surface area contributed by atoms with E-state index in [0.717, 1.165) is 0 Å². The molecule has 0 aliphatic rings. The van der Waals surface area contributed by atoms with Gasteiger partial charge in [0.15, 0.2) is 5.82 Å². The van der Waals surface area contributed by atoms with Crippen LogP contribution in [0.1, 0.15) is 16.2 Å². The summed E-state index contributed by atoms with van der Waals surface area (Å²) in [5.41, 5.74) is 0.497. The summed E-state index contributed by atoms with van der Waals surface area (Å²) in [6, 6.07) is 16.0. The third-order valence-corrected chi connectivity index (χ3v) is 3.99. The van der Waals surface area contributed by atoms with Gasteiger partial charge in [0.05, 0.1) is 5.56 Å². The van der Waals surface area contributed by atoms with Crippen molar-refractivity contribution in [3.8, 4) is 17.4 Å². The van der Waals surface area contributed by atoms with Crippen LogP contribution >= 0.6 is 0 Å². The molecule has 29 heavy (non-hydrogen) atoms. The molecule has 4 aromatic rings. The van der Waals surface area contributed by atoms with Crippen LogP contribution in [-0.4, -0.2) is 25.7 Å². The van der Waals surface area contributed by atoms with Crippen LogP contribution in [0, 0.1) is 12.7 Å². The minimum atomic E-state index is -0.572. The molecule has 7 nitrogen and oxygen atoms in total. The van der Waals surface area contributed by atoms with Crippen molar-refractivity contribution >= 4 is 11.6 Å². The lowest BCUT2D eigenvalue weighted by molar-refractivity contribution is 0.102. The van der Waals surface area contributed by atoms with E-state index in [0.29, 0.717) is 29.0 Å². The van der Waals surface area contributed by atoms with Gasteiger partial charge in [0, 0.05) is 24.1 Å². The van der Waals surface area contributed by atoms with Gasteiger partial charge >= 0.3 is 0 Å². The molecule has 0 aliphatic heterocycles. The monoisotopic (exact) mass is 389 g/mol. The van der Waals surface area contributed by atoms with Crippen molar-refractivity contribution < 1.29 is 13.9 Å². The summed E-state index contributed by atoms with van der Waals surface area (Å²) < 4.78 is 21.1. The maximum absolute atomic E-state index is 13.7. The maximum atomic E-state index is 13.7. The van der Waals surface area contributed by atoms with E-state index in [1.54, 1.807) is 66.5 Å². The van der Waals surface area contributed by atoms with E-state index in [1.165, 1.54) is 18.2 Å². The van der Waals surface area contributed by atoms with E-state index in [-0.39, 0.29) is 5.56 Å². The summed E-state index contributed by atoms with van der Waals surface area (Å²) in [6.45, 7) is 1.77. The first kappa shape index (κ1) is 18.3. The van der Waals surface area contributed by atoms with E-state index >= 15 is 0 Å². The lowest BCUT2D eigenvalue weighted by Crippen LogP contribution is -2.13. The number of halogens is 1. The van der Waals surface area contributed by atoms with Crippen molar-refractivity contribution in [1.29, 1.82) is 0 Å². The number of amides is 1. The van der Waals surface area contributed by atoms with Crippen molar-refractivity contribution in [2.45, 2.75) is 6.92 Å². The van der Waals surface area contributed by atoms with Crippen molar-refractivity contribution in [2.24, 2.45) is 0 Å². The Bertz CT molecular complexity index is 1140. The van der Waals surface area contributed by atoms with Gasteiger partial charge < -0.3 is 10.1 Å². The number of aromatic nitrogens is 4. The van der Waals surface area contributed by atoms with Crippen molar-refractivity contribution in [3.05, 3.63) is 90.3 Å². The molecule has 0 bridgehead atoms. The molecule has 0 atom stereocenters. The summed E-state index contributed by atoms with van der Waals surface area (Å²) >= 11 is 0. The average molecular weight is 389 g/mol. The maximum Gasteiger partial charge on any atom is 0.258 e. The molecule has 4 rings (SSSR count). The fourth-order valence-electron chi connectivity index (χ4n) is 2.67. The minimum Gasteiger partial charge on any atom is -0.439 e. The highest BCUT2D eigenvalue weighted by Gasteiger charge is 2.11. The number of rotatable bonds is 5. The Morgan fingerprint density at radius 3 is 2.59 bits per heavy atom. The Kier molecular flexibility index (Phi) is 4.98. The number of anilines is 1. The van der Waals surface area contributed by atoms with E-state index in [4.69, 9.17) is 4.74 Å². The fraction of sp³-hybridized carbons (Fsp3) is 0.0476. The predicted octanol–water partition coefficient (Wildman–Crippen LogP) is 4.15. The van der Waals surface area contributed by atoms with Gasteiger partial charge in [-0.1, -0.05) is 12.1 Å². The van der Waals surface area contributed by atoms with Crippen LogP contribution in [0.2, 0.25) is 0 Å². The van der Waals surface area contributed by atoms with E-state index in [2.05, 4.69) is 20.4 Å². The van der Waals surface area contributed by atoms with Crippen LogP contribution in [0.15, 0.2) is 73.1 Å². The van der Waals surface area contributed by atoms with Crippen molar-refractivity contribution in [3.63, 3.8) is 0 Å². The van der Waals surface area contributed by atoms with E-state index in [9.17, 15) is 9.18 Å². The largest absolute Gasteiger partial charge is 0.439 e. The Labute approximate surface area is 165 Å². The van der Waals surface area contributed by atoms with Gasteiger partial charge in [0.1, 0.15) is 17.4 Å². The highest BCUT2D eigenvalue weighted by atomic mass is 19.1. The first-order chi connectivity index (χ1) is 14.1. The Balaban J connectivity index is 1.48. The molecule has 2 aromatic heterocycles. The number of benzene rings is 2. The molecule has 0 unspecified atom stereocenters. The molecule has 0 radical (unpaired) electrons. The molecule has 8 heteroatoms.